The summed E-state index contributed by atoms with van der Waals surface area (Å²) in [6, 6.07) is 11.9. The molecule has 3 nitrogen and oxygen atoms in total. The van der Waals surface area contributed by atoms with Crippen LogP contribution in [0.4, 0.5) is 0 Å². The van der Waals surface area contributed by atoms with Crippen molar-refractivity contribution < 1.29 is 9.53 Å². The summed E-state index contributed by atoms with van der Waals surface area (Å²) < 4.78 is 4.64. The van der Waals surface area contributed by atoms with Gasteiger partial charge in [0.05, 0.1) is 18.4 Å². The van der Waals surface area contributed by atoms with Crippen molar-refractivity contribution in [3.05, 3.63) is 59.4 Å². The summed E-state index contributed by atoms with van der Waals surface area (Å²) in [5.74, 6) is 0.428. The molecular weight excluding hydrogens is 258 g/mol. The van der Waals surface area contributed by atoms with E-state index in [-0.39, 0.29) is 5.97 Å². The molecule has 0 saturated carbocycles. The lowest BCUT2D eigenvalue weighted by atomic mass is 10.2. The topological polar surface area (TPSA) is 39.2 Å². The number of ether oxygens (including phenoxy) is 1. The quantitative estimate of drug-likeness (QED) is 0.631. The molecule has 0 aliphatic heterocycles. The lowest BCUT2D eigenvalue weighted by molar-refractivity contribution is 0.0600. The molecule has 0 spiro atoms. The lowest BCUT2D eigenvalue weighted by Gasteiger charge is -2.05. The van der Waals surface area contributed by atoms with Crippen molar-refractivity contribution in [3.63, 3.8) is 0 Å². The smallest absolute Gasteiger partial charge is 0.339 e. The molecule has 0 atom stereocenters. The number of methoxy groups -OCH3 is 1. The molecule has 98 valence electrons. The van der Waals surface area contributed by atoms with Crippen LogP contribution in [0.1, 0.15) is 21.6 Å². The van der Waals surface area contributed by atoms with Crippen molar-refractivity contribution in [2.45, 2.75) is 17.6 Å². The van der Waals surface area contributed by atoms with Gasteiger partial charge in [-0.2, -0.15) is 0 Å². The highest BCUT2D eigenvalue weighted by Crippen LogP contribution is 2.24. The van der Waals surface area contributed by atoms with E-state index in [9.17, 15) is 4.79 Å². The standard InChI is InChI=1S/C15H15NO2S/c1-11-5-3-4-6-14(11)19-10-13-8-7-12(9-16-13)15(17)18-2/h3-9H,10H2,1-2H3. The third-order valence-corrected chi connectivity index (χ3v) is 3.92. The Bertz CT molecular complexity index is 567. The number of rotatable bonds is 4. The van der Waals surface area contributed by atoms with Gasteiger partial charge in [-0.05, 0) is 30.7 Å². The highest BCUT2D eigenvalue weighted by atomic mass is 32.2. The maximum atomic E-state index is 11.3. The fourth-order valence-electron chi connectivity index (χ4n) is 1.62. The molecule has 2 rings (SSSR count). The summed E-state index contributed by atoms with van der Waals surface area (Å²) in [6.45, 7) is 2.09. The van der Waals surface area contributed by atoms with Crippen LogP contribution in [0.25, 0.3) is 0 Å². The van der Waals surface area contributed by atoms with Crippen molar-refractivity contribution in [2.24, 2.45) is 0 Å². The second-order valence-corrected chi connectivity index (χ2v) is 5.10. The van der Waals surface area contributed by atoms with Crippen LogP contribution < -0.4 is 0 Å². The molecule has 4 heteroatoms. The molecule has 0 saturated heterocycles. The van der Waals surface area contributed by atoms with E-state index in [1.165, 1.54) is 17.6 Å². The number of aryl methyl sites for hydroxylation is 1. The molecule has 0 aliphatic carbocycles. The Morgan fingerprint density at radius 1 is 1.26 bits per heavy atom. The van der Waals surface area contributed by atoms with Crippen molar-refractivity contribution >= 4 is 17.7 Å². The number of thioether (sulfide) groups is 1. The first-order valence-corrected chi connectivity index (χ1v) is 6.91. The molecule has 0 radical (unpaired) electrons. The number of aromatic nitrogens is 1. The Labute approximate surface area is 117 Å². The van der Waals surface area contributed by atoms with Crippen LogP contribution in [0, 0.1) is 6.92 Å². The van der Waals surface area contributed by atoms with Gasteiger partial charge in [-0.1, -0.05) is 18.2 Å². The van der Waals surface area contributed by atoms with Crippen LogP contribution in [0.5, 0.6) is 0 Å². The molecule has 2 aromatic rings. The average Bonchev–Trinajstić information content (AvgIpc) is 2.46. The van der Waals surface area contributed by atoms with Gasteiger partial charge in [0.1, 0.15) is 0 Å². The highest BCUT2D eigenvalue weighted by molar-refractivity contribution is 7.98. The predicted octanol–water partition coefficient (Wildman–Crippen LogP) is 3.47. The van der Waals surface area contributed by atoms with Crippen LogP contribution in [-0.4, -0.2) is 18.1 Å². The summed E-state index contributed by atoms with van der Waals surface area (Å²) >= 11 is 1.74. The van der Waals surface area contributed by atoms with Gasteiger partial charge in [-0.25, -0.2) is 4.79 Å². The van der Waals surface area contributed by atoms with Gasteiger partial charge in [0.2, 0.25) is 0 Å². The van der Waals surface area contributed by atoms with Crippen LogP contribution in [0.2, 0.25) is 0 Å². The van der Waals surface area contributed by atoms with Crippen molar-refractivity contribution in [2.75, 3.05) is 7.11 Å². The molecule has 0 fully saturated rings. The number of carbonyl (C=O) groups is 1. The van der Waals surface area contributed by atoms with Crippen LogP contribution in [0.3, 0.4) is 0 Å². The van der Waals surface area contributed by atoms with Crippen molar-refractivity contribution in [3.8, 4) is 0 Å². The minimum Gasteiger partial charge on any atom is -0.465 e. The monoisotopic (exact) mass is 273 g/mol. The third kappa shape index (κ3) is 3.58. The zero-order valence-electron chi connectivity index (χ0n) is 10.9. The molecule has 0 unspecified atom stereocenters. The Morgan fingerprint density at radius 3 is 2.68 bits per heavy atom. The summed E-state index contributed by atoms with van der Waals surface area (Å²) in [5.41, 5.74) is 2.69. The zero-order chi connectivity index (χ0) is 13.7. The van der Waals surface area contributed by atoms with E-state index in [0.717, 1.165) is 11.4 Å². The van der Waals surface area contributed by atoms with Crippen LogP contribution in [-0.2, 0) is 10.5 Å². The van der Waals surface area contributed by atoms with Gasteiger partial charge in [0.25, 0.3) is 0 Å². The summed E-state index contributed by atoms with van der Waals surface area (Å²) in [7, 11) is 1.37. The largest absolute Gasteiger partial charge is 0.465 e. The van der Waals surface area contributed by atoms with E-state index in [1.807, 2.05) is 18.2 Å². The maximum Gasteiger partial charge on any atom is 0.339 e. The van der Waals surface area contributed by atoms with Crippen molar-refractivity contribution in [1.82, 2.24) is 4.98 Å². The van der Waals surface area contributed by atoms with E-state index in [0.29, 0.717) is 5.56 Å². The molecule has 0 amide bonds. The van der Waals surface area contributed by atoms with E-state index in [4.69, 9.17) is 0 Å². The maximum absolute atomic E-state index is 11.3. The van der Waals surface area contributed by atoms with E-state index < -0.39 is 0 Å². The molecule has 0 bridgehead atoms. The molecule has 1 heterocycles. The first-order chi connectivity index (χ1) is 9.20. The first-order valence-electron chi connectivity index (χ1n) is 5.92. The number of pyridine rings is 1. The van der Waals surface area contributed by atoms with Gasteiger partial charge in [0, 0.05) is 16.8 Å². The number of benzene rings is 1. The fourth-order valence-corrected chi connectivity index (χ4v) is 2.56. The number of hydrogen-bond acceptors (Lipinski definition) is 4. The number of esters is 1. The number of hydrogen-bond donors (Lipinski definition) is 0. The van der Waals surface area contributed by atoms with Crippen molar-refractivity contribution in [1.29, 1.82) is 0 Å². The minimum absolute atomic E-state index is 0.356. The van der Waals surface area contributed by atoms with Crippen LogP contribution in [0.15, 0.2) is 47.5 Å². The first kappa shape index (κ1) is 13.6. The second kappa shape index (κ2) is 6.38. The molecule has 1 aromatic carbocycles. The van der Waals surface area contributed by atoms with Gasteiger partial charge >= 0.3 is 5.97 Å². The van der Waals surface area contributed by atoms with Crippen LogP contribution >= 0.6 is 11.8 Å². The predicted molar refractivity (Wildman–Crippen MR) is 76.3 cm³/mol. The van der Waals surface area contributed by atoms with Gasteiger partial charge in [-0.15, -0.1) is 11.8 Å². The summed E-state index contributed by atoms with van der Waals surface area (Å²) in [6.07, 6.45) is 1.56. The Balaban J connectivity index is 2.01. The van der Waals surface area contributed by atoms with Gasteiger partial charge < -0.3 is 4.74 Å². The van der Waals surface area contributed by atoms with Gasteiger partial charge in [-0.3, -0.25) is 4.98 Å². The Hall–Kier alpha value is -1.81. The van der Waals surface area contributed by atoms with E-state index in [1.54, 1.807) is 24.0 Å². The van der Waals surface area contributed by atoms with E-state index >= 15 is 0 Å². The Kier molecular flexibility index (Phi) is 4.58. The summed E-state index contributed by atoms with van der Waals surface area (Å²) in [5, 5.41) is 0. The number of nitrogens with zero attached hydrogens (tertiary/aromatic N) is 1. The molecule has 19 heavy (non-hydrogen) atoms. The third-order valence-electron chi connectivity index (χ3n) is 2.71. The minimum atomic E-state index is -0.356. The Morgan fingerprint density at radius 2 is 2.05 bits per heavy atom. The summed E-state index contributed by atoms with van der Waals surface area (Å²) in [4.78, 5) is 16.8. The van der Waals surface area contributed by atoms with Gasteiger partial charge in [0.15, 0.2) is 0 Å². The zero-order valence-corrected chi connectivity index (χ0v) is 11.7. The second-order valence-electron chi connectivity index (χ2n) is 4.08. The lowest BCUT2D eigenvalue weighted by Crippen LogP contribution is -2.02. The highest BCUT2D eigenvalue weighted by Gasteiger charge is 2.06. The molecular formula is C15H15NO2S. The SMILES string of the molecule is COC(=O)c1ccc(CSc2ccccc2C)nc1. The number of carbonyl (C=O) groups excluding carboxylic acids is 1. The molecule has 1 aromatic heterocycles. The normalized spacial score (nSPS) is 10.2. The van der Waals surface area contributed by atoms with E-state index in [2.05, 4.69) is 28.8 Å². The fraction of sp³-hybridized carbons (Fsp3) is 0.200. The average molecular weight is 273 g/mol. The molecule has 0 aliphatic rings. The molecule has 0 N–H and O–H groups in total.